The van der Waals surface area contributed by atoms with Gasteiger partial charge in [0.2, 0.25) is 5.91 Å². The molecule has 2 rings (SSSR count). The number of carbonyl (C=O) groups is 1. The highest BCUT2D eigenvalue weighted by molar-refractivity contribution is 6.42. The van der Waals surface area contributed by atoms with Crippen molar-refractivity contribution in [2.24, 2.45) is 0 Å². The molecular formula is C12H13Cl2NO. The Kier molecular flexibility index (Phi) is 2.89. The SMILES string of the molecule is CC1NC(=O)CC1(C)c1cccc(Cl)c1Cl. The number of hydrogen-bond acceptors (Lipinski definition) is 1. The zero-order valence-corrected chi connectivity index (χ0v) is 10.7. The zero-order chi connectivity index (χ0) is 11.9. The monoisotopic (exact) mass is 257 g/mol. The van der Waals surface area contributed by atoms with Crippen molar-refractivity contribution in [3.05, 3.63) is 33.8 Å². The van der Waals surface area contributed by atoms with Crippen LogP contribution in [0, 0.1) is 0 Å². The third kappa shape index (κ3) is 1.70. The highest BCUT2D eigenvalue weighted by atomic mass is 35.5. The lowest BCUT2D eigenvalue weighted by Gasteiger charge is -2.29. The molecule has 0 radical (unpaired) electrons. The van der Waals surface area contributed by atoms with Crippen LogP contribution in [0.15, 0.2) is 18.2 Å². The fourth-order valence-corrected chi connectivity index (χ4v) is 2.73. The fourth-order valence-electron chi connectivity index (χ4n) is 2.21. The maximum Gasteiger partial charge on any atom is 0.221 e. The molecule has 1 amide bonds. The van der Waals surface area contributed by atoms with Crippen LogP contribution in [0.4, 0.5) is 0 Å². The van der Waals surface area contributed by atoms with Crippen LogP contribution in [-0.4, -0.2) is 11.9 Å². The Labute approximate surface area is 105 Å². The summed E-state index contributed by atoms with van der Waals surface area (Å²) in [5.74, 6) is 0.0612. The number of benzene rings is 1. The molecule has 86 valence electrons. The van der Waals surface area contributed by atoms with Gasteiger partial charge in [-0.1, -0.05) is 42.3 Å². The van der Waals surface area contributed by atoms with E-state index in [0.29, 0.717) is 16.5 Å². The van der Waals surface area contributed by atoms with Crippen molar-refractivity contribution in [3.63, 3.8) is 0 Å². The van der Waals surface area contributed by atoms with E-state index in [2.05, 4.69) is 5.32 Å². The van der Waals surface area contributed by atoms with E-state index < -0.39 is 0 Å². The fraction of sp³-hybridized carbons (Fsp3) is 0.417. The average Bonchev–Trinajstić information content (AvgIpc) is 2.46. The summed E-state index contributed by atoms with van der Waals surface area (Å²) in [4.78, 5) is 11.5. The van der Waals surface area contributed by atoms with E-state index in [4.69, 9.17) is 23.2 Å². The first-order valence-electron chi connectivity index (χ1n) is 5.19. The van der Waals surface area contributed by atoms with E-state index in [-0.39, 0.29) is 17.4 Å². The second-order valence-electron chi connectivity index (χ2n) is 4.48. The molecule has 1 fully saturated rings. The van der Waals surface area contributed by atoms with Gasteiger partial charge in [-0.05, 0) is 18.6 Å². The largest absolute Gasteiger partial charge is 0.353 e. The topological polar surface area (TPSA) is 29.1 Å². The molecule has 2 unspecified atom stereocenters. The van der Waals surface area contributed by atoms with Gasteiger partial charge in [0.05, 0.1) is 10.0 Å². The first-order chi connectivity index (χ1) is 7.45. The number of hydrogen-bond donors (Lipinski definition) is 1. The Bertz CT molecular complexity index is 447. The molecule has 1 aromatic carbocycles. The van der Waals surface area contributed by atoms with E-state index in [1.54, 1.807) is 6.07 Å². The number of halogens is 2. The van der Waals surface area contributed by atoms with Crippen molar-refractivity contribution in [1.29, 1.82) is 0 Å². The van der Waals surface area contributed by atoms with Crippen LogP contribution in [0.1, 0.15) is 25.8 Å². The summed E-state index contributed by atoms with van der Waals surface area (Å²) in [7, 11) is 0. The van der Waals surface area contributed by atoms with Gasteiger partial charge in [-0.25, -0.2) is 0 Å². The van der Waals surface area contributed by atoms with Gasteiger partial charge in [0.15, 0.2) is 0 Å². The van der Waals surface area contributed by atoms with Crippen LogP contribution in [0.5, 0.6) is 0 Å². The Balaban J connectivity index is 2.51. The molecule has 1 aliphatic heterocycles. The molecular weight excluding hydrogens is 245 g/mol. The predicted octanol–water partition coefficient (Wildman–Crippen LogP) is 3.16. The smallest absolute Gasteiger partial charge is 0.221 e. The van der Waals surface area contributed by atoms with Gasteiger partial charge >= 0.3 is 0 Å². The summed E-state index contributed by atoms with van der Waals surface area (Å²) in [5, 5.41) is 4.00. The lowest BCUT2D eigenvalue weighted by atomic mass is 9.76. The van der Waals surface area contributed by atoms with Gasteiger partial charge in [-0.3, -0.25) is 4.79 Å². The quantitative estimate of drug-likeness (QED) is 0.823. The van der Waals surface area contributed by atoms with Crippen LogP contribution in [0.3, 0.4) is 0 Å². The Hall–Kier alpha value is -0.730. The summed E-state index contributed by atoms with van der Waals surface area (Å²) in [6.07, 6.45) is 0.453. The van der Waals surface area contributed by atoms with Crippen LogP contribution >= 0.6 is 23.2 Å². The molecule has 1 heterocycles. The van der Waals surface area contributed by atoms with Gasteiger partial charge in [0, 0.05) is 17.9 Å². The molecule has 0 aromatic heterocycles. The van der Waals surface area contributed by atoms with Gasteiger partial charge in [0.1, 0.15) is 0 Å². The Morgan fingerprint density at radius 2 is 2.12 bits per heavy atom. The normalized spacial score (nSPS) is 29.2. The van der Waals surface area contributed by atoms with Crippen molar-refractivity contribution in [3.8, 4) is 0 Å². The second kappa shape index (κ2) is 3.94. The molecule has 0 aliphatic carbocycles. The summed E-state index contributed by atoms with van der Waals surface area (Å²) in [5.41, 5.74) is 0.659. The Morgan fingerprint density at radius 3 is 2.69 bits per heavy atom. The molecule has 0 bridgehead atoms. The van der Waals surface area contributed by atoms with E-state index in [1.165, 1.54) is 0 Å². The molecule has 1 aromatic rings. The number of carbonyl (C=O) groups excluding carboxylic acids is 1. The molecule has 1 N–H and O–H groups in total. The molecule has 1 aliphatic rings. The highest BCUT2D eigenvalue weighted by Crippen LogP contribution is 2.41. The number of amides is 1. The van der Waals surface area contributed by atoms with Gasteiger partial charge in [0.25, 0.3) is 0 Å². The molecule has 0 spiro atoms. The maximum atomic E-state index is 11.5. The molecule has 2 nitrogen and oxygen atoms in total. The van der Waals surface area contributed by atoms with Crippen molar-refractivity contribution in [2.45, 2.75) is 31.7 Å². The summed E-state index contributed by atoms with van der Waals surface area (Å²) < 4.78 is 0. The summed E-state index contributed by atoms with van der Waals surface area (Å²) >= 11 is 12.2. The van der Waals surface area contributed by atoms with Crippen molar-refractivity contribution >= 4 is 29.1 Å². The van der Waals surface area contributed by atoms with Crippen LogP contribution in [0.25, 0.3) is 0 Å². The maximum absolute atomic E-state index is 11.5. The summed E-state index contributed by atoms with van der Waals surface area (Å²) in [6.45, 7) is 4.02. The third-order valence-electron chi connectivity index (χ3n) is 3.43. The minimum absolute atomic E-state index is 0.0612. The van der Waals surface area contributed by atoms with Gasteiger partial charge in [-0.2, -0.15) is 0 Å². The van der Waals surface area contributed by atoms with Crippen LogP contribution in [0.2, 0.25) is 10.0 Å². The zero-order valence-electron chi connectivity index (χ0n) is 9.18. The molecule has 2 atom stereocenters. The number of nitrogens with one attached hydrogen (secondary N) is 1. The van der Waals surface area contributed by atoms with Crippen molar-refractivity contribution in [1.82, 2.24) is 5.32 Å². The number of rotatable bonds is 1. The van der Waals surface area contributed by atoms with Crippen LogP contribution in [-0.2, 0) is 10.2 Å². The first-order valence-corrected chi connectivity index (χ1v) is 5.94. The lowest BCUT2D eigenvalue weighted by Crippen LogP contribution is -2.35. The van der Waals surface area contributed by atoms with E-state index in [0.717, 1.165) is 5.56 Å². The minimum atomic E-state index is -0.279. The molecule has 1 saturated heterocycles. The van der Waals surface area contributed by atoms with Crippen molar-refractivity contribution < 1.29 is 4.79 Å². The lowest BCUT2D eigenvalue weighted by molar-refractivity contribution is -0.119. The first kappa shape index (κ1) is 11.7. The van der Waals surface area contributed by atoms with Crippen molar-refractivity contribution in [2.75, 3.05) is 0 Å². The third-order valence-corrected chi connectivity index (χ3v) is 4.25. The van der Waals surface area contributed by atoms with Crippen LogP contribution < -0.4 is 5.32 Å². The molecule has 16 heavy (non-hydrogen) atoms. The predicted molar refractivity (Wildman–Crippen MR) is 66.0 cm³/mol. The Morgan fingerprint density at radius 1 is 1.44 bits per heavy atom. The molecule has 0 saturated carbocycles. The van der Waals surface area contributed by atoms with E-state index >= 15 is 0 Å². The minimum Gasteiger partial charge on any atom is -0.353 e. The van der Waals surface area contributed by atoms with Gasteiger partial charge < -0.3 is 5.32 Å². The second-order valence-corrected chi connectivity index (χ2v) is 5.27. The van der Waals surface area contributed by atoms with E-state index in [9.17, 15) is 4.79 Å². The average molecular weight is 258 g/mol. The highest BCUT2D eigenvalue weighted by Gasteiger charge is 2.43. The summed E-state index contributed by atoms with van der Waals surface area (Å²) in [6, 6.07) is 5.62. The standard InChI is InChI=1S/C12H13Cl2NO/c1-7-12(2,6-10(16)15-7)8-4-3-5-9(13)11(8)14/h3-5,7H,6H2,1-2H3,(H,15,16). The molecule has 4 heteroatoms. The van der Waals surface area contributed by atoms with E-state index in [1.807, 2.05) is 26.0 Å². The van der Waals surface area contributed by atoms with Gasteiger partial charge in [-0.15, -0.1) is 0 Å².